The van der Waals surface area contributed by atoms with Crippen LogP contribution < -0.4 is 0 Å². The van der Waals surface area contributed by atoms with Crippen LogP contribution in [0.2, 0.25) is 0 Å². The molecule has 0 aromatic rings. The van der Waals surface area contributed by atoms with E-state index in [0.717, 1.165) is 32.2 Å². The van der Waals surface area contributed by atoms with Crippen molar-refractivity contribution < 1.29 is 9.53 Å². The second-order valence-corrected chi connectivity index (χ2v) is 2.82. The second kappa shape index (κ2) is 3.71. The number of ether oxygens (including phenoxy) is 1. The molecule has 2 nitrogen and oxygen atoms in total. The predicted octanol–water partition coefficient (Wildman–Crippen LogP) is 1.39. The average molecular weight is 142 g/mol. The molecule has 0 spiro atoms. The lowest BCUT2D eigenvalue weighted by Gasteiger charge is -2.25. The van der Waals surface area contributed by atoms with E-state index in [0.29, 0.717) is 6.10 Å². The minimum absolute atomic E-state index is 0.263. The molecule has 0 N–H and O–H groups in total. The molecular weight excluding hydrogens is 128 g/mol. The highest BCUT2D eigenvalue weighted by Gasteiger charge is 2.19. The Morgan fingerprint density at radius 3 is 3.10 bits per heavy atom. The summed E-state index contributed by atoms with van der Waals surface area (Å²) < 4.78 is 5.40. The molecule has 1 aliphatic heterocycles. The summed E-state index contributed by atoms with van der Waals surface area (Å²) >= 11 is 0. The van der Waals surface area contributed by atoms with E-state index in [-0.39, 0.29) is 5.92 Å². The molecule has 0 saturated carbocycles. The van der Waals surface area contributed by atoms with Crippen molar-refractivity contribution in [3.8, 4) is 0 Å². The summed E-state index contributed by atoms with van der Waals surface area (Å²) in [4.78, 5) is 10.4. The summed E-state index contributed by atoms with van der Waals surface area (Å²) in [7, 11) is 0. The van der Waals surface area contributed by atoms with Crippen molar-refractivity contribution in [2.24, 2.45) is 5.92 Å². The van der Waals surface area contributed by atoms with E-state index in [1.807, 2.05) is 0 Å². The fourth-order valence-electron chi connectivity index (χ4n) is 1.32. The molecule has 1 rings (SSSR count). The summed E-state index contributed by atoms with van der Waals surface area (Å²) in [5, 5.41) is 0. The molecule has 1 heterocycles. The summed E-state index contributed by atoms with van der Waals surface area (Å²) in [5.41, 5.74) is 0. The van der Waals surface area contributed by atoms with Gasteiger partial charge in [-0.15, -0.1) is 0 Å². The van der Waals surface area contributed by atoms with E-state index < -0.39 is 0 Å². The fraction of sp³-hybridized carbons (Fsp3) is 0.875. The van der Waals surface area contributed by atoms with Crippen LogP contribution in [0.3, 0.4) is 0 Å². The monoisotopic (exact) mass is 142 g/mol. The average Bonchev–Trinajstić information content (AvgIpc) is 2.05. The largest absolute Gasteiger partial charge is 0.378 e. The summed E-state index contributed by atoms with van der Waals surface area (Å²) in [6.07, 6.45) is 4.28. The molecule has 0 aliphatic carbocycles. The molecule has 1 aliphatic rings. The molecule has 58 valence electrons. The minimum Gasteiger partial charge on any atom is -0.378 e. The zero-order valence-corrected chi connectivity index (χ0v) is 6.38. The fourth-order valence-corrected chi connectivity index (χ4v) is 1.32. The smallest absolute Gasteiger partial charge is 0.123 e. The van der Waals surface area contributed by atoms with Crippen molar-refractivity contribution in [2.45, 2.75) is 32.3 Å². The van der Waals surface area contributed by atoms with E-state index in [1.165, 1.54) is 0 Å². The van der Waals surface area contributed by atoms with E-state index in [1.54, 1.807) is 0 Å². The molecule has 0 aromatic heterocycles. The van der Waals surface area contributed by atoms with E-state index in [2.05, 4.69) is 6.92 Å². The lowest BCUT2D eigenvalue weighted by atomic mass is 9.96. The maximum Gasteiger partial charge on any atom is 0.123 e. The van der Waals surface area contributed by atoms with Crippen LogP contribution >= 0.6 is 0 Å². The van der Waals surface area contributed by atoms with Crippen molar-refractivity contribution in [3.05, 3.63) is 0 Å². The Labute approximate surface area is 61.6 Å². The highest BCUT2D eigenvalue weighted by molar-refractivity contribution is 5.53. The Bertz CT molecular complexity index is 112. The minimum atomic E-state index is 0.263. The second-order valence-electron chi connectivity index (χ2n) is 2.82. The number of carbonyl (C=O) groups excluding carboxylic acids is 1. The van der Waals surface area contributed by atoms with Crippen LogP contribution in [0.1, 0.15) is 26.2 Å². The van der Waals surface area contributed by atoms with Gasteiger partial charge in [-0.2, -0.15) is 0 Å². The Morgan fingerprint density at radius 1 is 1.70 bits per heavy atom. The number of rotatable bonds is 2. The number of aldehydes is 1. The van der Waals surface area contributed by atoms with Crippen molar-refractivity contribution in [1.29, 1.82) is 0 Å². The number of carbonyl (C=O) groups is 1. The molecular formula is C8H14O2. The molecule has 1 saturated heterocycles. The molecule has 0 unspecified atom stereocenters. The van der Waals surface area contributed by atoms with Crippen LogP contribution in [0.4, 0.5) is 0 Å². The molecule has 10 heavy (non-hydrogen) atoms. The molecule has 1 fully saturated rings. The first kappa shape index (κ1) is 7.73. The van der Waals surface area contributed by atoms with Crippen LogP contribution in [0, 0.1) is 5.92 Å². The van der Waals surface area contributed by atoms with E-state index in [9.17, 15) is 4.79 Å². The van der Waals surface area contributed by atoms with Gasteiger partial charge in [-0.25, -0.2) is 0 Å². The van der Waals surface area contributed by atoms with Gasteiger partial charge in [-0.05, 0) is 19.3 Å². The van der Waals surface area contributed by atoms with E-state index in [4.69, 9.17) is 4.74 Å². The zero-order valence-electron chi connectivity index (χ0n) is 6.38. The van der Waals surface area contributed by atoms with E-state index >= 15 is 0 Å². The third-order valence-electron chi connectivity index (χ3n) is 2.06. The summed E-state index contributed by atoms with van der Waals surface area (Å²) in [5.74, 6) is 0.263. The normalized spacial score (nSPS) is 33.7. The topological polar surface area (TPSA) is 26.3 Å². The maximum absolute atomic E-state index is 10.4. The molecule has 2 heteroatoms. The van der Waals surface area contributed by atoms with Gasteiger partial charge >= 0.3 is 0 Å². The first-order chi connectivity index (χ1) is 4.86. The van der Waals surface area contributed by atoms with Crippen molar-refractivity contribution in [2.75, 3.05) is 6.61 Å². The highest BCUT2D eigenvalue weighted by Crippen LogP contribution is 2.19. The molecule has 0 aromatic carbocycles. The van der Waals surface area contributed by atoms with Crippen LogP contribution in [-0.4, -0.2) is 19.0 Å². The van der Waals surface area contributed by atoms with Crippen LogP contribution in [0.15, 0.2) is 0 Å². The van der Waals surface area contributed by atoms with Crippen LogP contribution in [0.25, 0.3) is 0 Å². The van der Waals surface area contributed by atoms with Crippen LogP contribution in [0.5, 0.6) is 0 Å². The van der Waals surface area contributed by atoms with Gasteiger partial charge in [-0.1, -0.05) is 6.92 Å². The summed E-state index contributed by atoms with van der Waals surface area (Å²) in [6.45, 7) is 2.86. The van der Waals surface area contributed by atoms with Gasteiger partial charge in [0, 0.05) is 12.5 Å². The third-order valence-corrected chi connectivity index (χ3v) is 2.06. The van der Waals surface area contributed by atoms with Crippen LogP contribution in [-0.2, 0) is 9.53 Å². The first-order valence-corrected chi connectivity index (χ1v) is 3.93. The quantitative estimate of drug-likeness (QED) is 0.544. The Hall–Kier alpha value is -0.370. The highest BCUT2D eigenvalue weighted by atomic mass is 16.5. The van der Waals surface area contributed by atoms with Gasteiger partial charge in [0.05, 0.1) is 6.10 Å². The van der Waals surface area contributed by atoms with Gasteiger partial charge in [0.2, 0.25) is 0 Å². The van der Waals surface area contributed by atoms with Gasteiger partial charge < -0.3 is 9.53 Å². The maximum atomic E-state index is 10.4. The molecule has 0 radical (unpaired) electrons. The molecule has 0 bridgehead atoms. The standard InChI is InChI=1S/C8H14O2/c1-2-8-5-7(6-9)3-4-10-8/h6-8H,2-5H2,1H3/t7-,8-/m1/s1. The van der Waals surface area contributed by atoms with Crippen molar-refractivity contribution >= 4 is 6.29 Å². The van der Waals surface area contributed by atoms with Gasteiger partial charge in [0.25, 0.3) is 0 Å². The van der Waals surface area contributed by atoms with Gasteiger partial charge in [-0.3, -0.25) is 0 Å². The number of hydrogen-bond acceptors (Lipinski definition) is 2. The Balaban J connectivity index is 2.31. The first-order valence-electron chi connectivity index (χ1n) is 3.93. The van der Waals surface area contributed by atoms with Crippen molar-refractivity contribution in [1.82, 2.24) is 0 Å². The molecule has 2 atom stereocenters. The predicted molar refractivity (Wildman–Crippen MR) is 38.8 cm³/mol. The number of hydrogen-bond donors (Lipinski definition) is 0. The lowest BCUT2D eigenvalue weighted by Crippen LogP contribution is -2.25. The van der Waals surface area contributed by atoms with Gasteiger partial charge in [0.1, 0.15) is 6.29 Å². The molecule has 0 amide bonds. The lowest BCUT2D eigenvalue weighted by molar-refractivity contribution is -0.115. The van der Waals surface area contributed by atoms with Gasteiger partial charge in [0.15, 0.2) is 0 Å². The Kier molecular flexibility index (Phi) is 2.87. The summed E-state index contributed by atoms with van der Waals surface area (Å²) in [6, 6.07) is 0. The zero-order chi connectivity index (χ0) is 7.40. The third kappa shape index (κ3) is 1.81. The Morgan fingerprint density at radius 2 is 2.50 bits per heavy atom. The van der Waals surface area contributed by atoms with Crippen molar-refractivity contribution in [3.63, 3.8) is 0 Å². The SMILES string of the molecule is CC[C@@H]1C[C@H](C=O)CCO1.